The molecule has 122 valence electrons. The van der Waals surface area contributed by atoms with Gasteiger partial charge in [0.1, 0.15) is 9.88 Å². The first-order valence-corrected chi connectivity index (χ1v) is 8.21. The summed E-state index contributed by atoms with van der Waals surface area (Å²) >= 11 is 2.33. The number of rotatable bonds is 2. The molecule has 0 radical (unpaired) electrons. The van der Waals surface area contributed by atoms with Crippen molar-refractivity contribution in [3.8, 4) is 21.3 Å². The van der Waals surface area contributed by atoms with Gasteiger partial charge in [-0.25, -0.2) is 0 Å². The highest BCUT2D eigenvalue weighted by atomic mass is 32.1. The highest BCUT2D eigenvalue weighted by Crippen LogP contribution is 2.34. The minimum absolute atomic E-state index is 0.380. The zero-order valence-electron chi connectivity index (χ0n) is 11.9. The fourth-order valence-corrected chi connectivity index (χ4v) is 3.60. The van der Waals surface area contributed by atoms with Gasteiger partial charge in [0, 0.05) is 5.56 Å². The summed E-state index contributed by atoms with van der Waals surface area (Å²) in [5.41, 5.74) is 0.363. The van der Waals surface area contributed by atoms with Crippen LogP contribution >= 0.6 is 22.9 Å². The molecule has 0 saturated heterocycles. The van der Waals surface area contributed by atoms with Gasteiger partial charge in [0.05, 0.1) is 11.3 Å². The Bertz CT molecular complexity index is 1030. The minimum Gasteiger partial charge on any atom is -0.181 e. The Kier molecular flexibility index (Phi) is 3.35. The number of hydrogen-bond acceptors (Lipinski definition) is 7. The van der Waals surface area contributed by atoms with Crippen LogP contribution in [-0.4, -0.2) is 29.4 Å². The smallest absolute Gasteiger partial charge is 0.181 e. The standard InChI is InChI=1S/C13H7F3N6S2/c1-6-9(24-21-17-6)10-18-19-12-22(10)20-11(23-12)7-3-2-4-8(5-7)13(14,15)16/h2-5H,1H3. The predicted molar refractivity (Wildman–Crippen MR) is 82.7 cm³/mol. The number of nitrogens with zero attached hydrogens (tertiary/aromatic N) is 6. The molecule has 0 aliphatic carbocycles. The molecular formula is C13H7F3N6S2. The summed E-state index contributed by atoms with van der Waals surface area (Å²) in [5, 5.41) is 16.8. The highest BCUT2D eigenvalue weighted by molar-refractivity contribution is 7.19. The third-order valence-corrected chi connectivity index (χ3v) is 5.05. The summed E-state index contributed by atoms with van der Waals surface area (Å²) in [5.74, 6) is 0.479. The van der Waals surface area contributed by atoms with Crippen LogP contribution in [0.1, 0.15) is 11.3 Å². The van der Waals surface area contributed by atoms with Crippen LogP contribution in [0.4, 0.5) is 13.2 Å². The lowest BCUT2D eigenvalue weighted by Crippen LogP contribution is -2.04. The van der Waals surface area contributed by atoms with Crippen molar-refractivity contribution < 1.29 is 13.2 Å². The van der Waals surface area contributed by atoms with Crippen LogP contribution in [0.15, 0.2) is 24.3 Å². The molecule has 11 heteroatoms. The molecular weight excluding hydrogens is 361 g/mol. The summed E-state index contributed by atoms with van der Waals surface area (Å²) in [7, 11) is 0. The zero-order chi connectivity index (χ0) is 16.9. The maximum atomic E-state index is 12.9. The van der Waals surface area contributed by atoms with Gasteiger partial charge in [0.25, 0.3) is 0 Å². The lowest BCUT2D eigenvalue weighted by Gasteiger charge is -2.06. The van der Waals surface area contributed by atoms with E-state index in [1.54, 1.807) is 13.0 Å². The molecule has 0 unspecified atom stereocenters. The number of aromatic nitrogens is 6. The van der Waals surface area contributed by atoms with Crippen molar-refractivity contribution in [3.05, 3.63) is 35.5 Å². The largest absolute Gasteiger partial charge is 0.416 e. The summed E-state index contributed by atoms with van der Waals surface area (Å²) < 4.78 is 43.9. The molecule has 0 aliphatic heterocycles. The summed E-state index contributed by atoms with van der Waals surface area (Å²) in [6.07, 6.45) is -4.40. The Hall–Kier alpha value is -2.40. The topological polar surface area (TPSA) is 68.9 Å². The molecule has 0 atom stereocenters. The molecule has 0 N–H and O–H groups in total. The second-order valence-electron chi connectivity index (χ2n) is 4.89. The summed E-state index contributed by atoms with van der Waals surface area (Å²) in [6.45, 7) is 1.79. The molecule has 1 aromatic carbocycles. The third-order valence-electron chi connectivity index (χ3n) is 3.28. The molecule has 0 saturated carbocycles. The molecule has 0 aliphatic rings. The van der Waals surface area contributed by atoms with Crippen LogP contribution < -0.4 is 0 Å². The Morgan fingerprint density at radius 3 is 2.67 bits per heavy atom. The fraction of sp³-hybridized carbons (Fsp3) is 0.154. The van der Waals surface area contributed by atoms with Crippen molar-refractivity contribution in [2.75, 3.05) is 0 Å². The van der Waals surface area contributed by atoms with Crippen LogP contribution in [0.5, 0.6) is 0 Å². The molecule has 3 heterocycles. The monoisotopic (exact) mass is 368 g/mol. The van der Waals surface area contributed by atoms with Crippen LogP contribution in [0.25, 0.3) is 26.2 Å². The minimum atomic E-state index is -4.40. The van der Waals surface area contributed by atoms with Crippen molar-refractivity contribution in [1.29, 1.82) is 0 Å². The third kappa shape index (κ3) is 2.45. The van der Waals surface area contributed by atoms with E-state index in [-0.39, 0.29) is 0 Å². The van der Waals surface area contributed by atoms with Crippen LogP contribution in [0.2, 0.25) is 0 Å². The van der Waals surface area contributed by atoms with Gasteiger partial charge in [-0.1, -0.05) is 28.0 Å². The number of fused-ring (bicyclic) bond motifs is 1. The molecule has 3 aromatic heterocycles. The quantitative estimate of drug-likeness (QED) is 0.540. The van der Waals surface area contributed by atoms with Crippen LogP contribution in [0.3, 0.4) is 0 Å². The van der Waals surface area contributed by atoms with Gasteiger partial charge >= 0.3 is 6.18 Å². The van der Waals surface area contributed by atoms with E-state index in [1.165, 1.54) is 21.9 Å². The Morgan fingerprint density at radius 2 is 1.96 bits per heavy atom. The maximum absolute atomic E-state index is 12.9. The van der Waals surface area contributed by atoms with Gasteiger partial charge in [-0.15, -0.1) is 15.3 Å². The number of halogens is 3. The van der Waals surface area contributed by atoms with Crippen molar-refractivity contribution in [2.45, 2.75) is 13.1 Å². The van der Waals surface area contributed by atoms with E-state index in [1.807, 2.05) is 0 Å². The van der Waals surface area contributed by atoms with E-state index in [0.717, 1.165) is 28.5 Å². The van der Waals surface area contributed by atoms with E-state index < -0.39 is 11.7 Å². The molecule has 24 heavy (non-hydrogen) atoms. The number of benzene rings is 1. The van der Waals surface area contributed by atoms with Crippen LogP contribution in [-0.2, 0) is 6.18 Å². The number of alkyl halides is 3. The normalized spacial score (nSPS) is 12.2. The average Bonchev–Trinajstić information content (AvgIpc) is 3.22. The van der Waals surface area contributed by atoms with Gasteiger partial charge in [-0.3, -0.25) is 0 Å². The summed E-state index contributed by atoms with van der Waals surface area (Å²) in [4.78, 5) is 1.22. The van der Waals surface area contributed by atoms with Crippen molar-refractivity contribution in [3.63, 3.8) is 0 Å². The fourth-order valence-electron chi connectivity index (χ4n) is 2.14. The SMILES string of the molecule is Cc1nnsc1-c1nnc2sc(-c3cccc(C(F)(F)F)c3)nn12. The summed E-state index contributed by atoms with van der Waals surface area (Å²) in [6, 6.07) is 5.05. The van der Waals surface area contributed by atoms with Gasteiger partial charge < -0.3 is 0 Å². The van der Waals surface area contributed by atoms with Crippen molar-refractivity contribution >= 4 is 27.8 Å². The van der Waals surface area contributed by atoms with E-state index in [9.17, 15) is 13.2 Å². The van der Waals surface area contributed by atoms with E-state index in [0.29, 0.717) is 27.1 Å². The molecule has 0 fully saturated rings. The van der Waals surface area contributed by atoms with Crippen molar-refractivity contribution in [1.82, 2.24) is 29.4 Å². The molecule has 4 aromatic rings. The molecule has 0 amide bonds. The first kappa shape index (κ1) is 15.1. The van der Waals surface area contributed by atoms with E-state index >= 15 is 0 Å². The van der Waals surface area contributed by atoms with E-state index in [4.69, 9.17) is 0 Å². The number of aryl methyl sites for hydroxylation is 1. The Morgan fingerprint density at radius 1 is 1.12 bits per heavy atom. The molecule has 0 bridgehead atoms. The Balaban J connectivity index is 1.82. The maximum Gasteiger partial charge on any atom is 0.416 e. The lowest BCUT2D eigenvalue weighted by molar-refractivity contribution is -0.137. The van der Waals surface area contributed by atoms with Gasteiger partial charge in [0.2, 0.25) is 4.96 Å². The van der Waals surface area contributed by atoms with E-state index in [2.05, 4.69) is 24.9 Å². The van der Waals surface area contributed by atoms with Gasteiger partial charge in [0.15, 0.2) is 5.82 Å². The highest BCUT2D eigenvalue weighted by Gasteiger charge is 2.30. The first-order valence-electron chi connectivity index (χ1n) is 6.62. The Labute approximate surface area is 140 Å². The van der Waals surface area contributed by atoms with Gasteiger partial charge in [-0.2, -0.15) is 22.8 Å². The predicted octanol–water partition coefficient (Wildman–Crippen LogP) is 3.70. The molecule has 6 nitrogen and oxygen atoms in total. The molecule has 4 rings (SSSR count). The number of hydrogen-bond donors (Lipinski definition) is 0. The lowest BCUT2D eigenvalue weighted by atomic mass is 10.1. The zero-order valence-corrected chi connectivity index (χ0v) is 13.6. The van der Waals surface area contributed by atoms with Crippen molar-refractivity contribution in [2.24, 2.45) is 0 Å². The van der Waals surface area contributed by atoms with Gasteiger partial charge in [-0.05, 0) is 30.6 Å². The molecule has 0 spiro atoms. The second kappa shape index (κ2) is 5.31. The first-order chi connectivity index (χ1) is 11.4. The average molecular weight is 368 g/mol. The second-order valence-corrected chi connectivity index (χ2v) is 6.60. The van der Waals surface area contributed by atoms with Crippen LogP contribution in [0, 0.1) is 6.92 Å².